The molecule has 19 heavy (non-hydrogen) atoms. The second kappa shape index (κ2) is 5.33. The topological polar surface area (TPSA) is 38.3 Å². The van der Waals surface area contributed by atoms with Crippen molar-refractivity contribution in [1.82, 2.24) is 5.32 Å². The number of nitrogens with one attached hydrogen (secondary N) is 1. The number of rotatable bonds is 3. The third-order valence-electron chi connectivity index (χ3n) is 4.55. The van der Waals surface area contributed by atoms with Crippen molar-refractivity contribution in [2.75, 3.05) is 7.11 Å². The van der Waals surface area contributed by atoms with Gasteiger partial charge in [0.25, 0.3) is 0 Å². The summed E-state index contributed by atoms with van der Waals surface area (Å²) in [5, 5.41) is 3.54. The zero-order valence-corrected chi connectivity index (χ0v) is 11.4. The summed E-state index contributed by atoms with van der Waals surface area (Å²) in [6.45, 7) is 0. The average molecular weight is 259 g/mol. The number of hydrogen-bond acceptors (Lipinski definition) is 3. The number of Topliss-reactive ketones (excluding diaryl/α,β-unsaturated/α-hetero) is 1. The molecule has 1 heterocycles. The standard InChI is InChI=1S/C16H21NO2/c1-19-15-9-5-3-7-12(15)16(18)14-10-11-6-2-4-8-13(11)17-14/h3,5,7,9,11,13-14,17H,2,4,6,8,10H2,1H3. The van der Waals surface area contributed by atoms with E-state index in [4.69, 9.17) is 4.74 Å². The van der Waals surface area contributed by atoms with E-state index >= 15 is 0 Å². The highest BCUT2D eigenvalue weighted by molar-refractivity contribution is 6.02. The van der Waals surface area contributed by atoms with Crippen LogP contribution in [0, 0.1) is 5.92 Å². The molecule has 0 bridgehead atoms. The lowest BCUT2D eigenvalue weighted by Gasteiger charge is -2.24. The summed E-state index contributed by atoms with van der Waals surface area (Å²) in [6.07, 6.45) is 6.09. The van der Waals surface area contributed by atoms with Crippen LogP contribution in [0.5, 0.6) is 5.75 Å². The number of benzene rings is 1. The summed E-state index contributed by atoms with van der Waals surface area (Å²) in [4.78, 5) is 12.6. The molecule has 1 saturated heterocycles. The third-order valence-corrected chi connectivity index (χ3v) is 4.55. The van der Waals surface area contributed by atoms with Crippen molar-refractivity contribution in [3.8, 4) is 5.75 Å². The van der Waals surface area contributed by atoms with Gasteiger partial charge in [-0.25, -0.2) is 0 Å². The first-order chi connectivity index (χ1) is 9.29. The van der Waals surface area contributed by atoms with E-state index in [2.05, 4.69) is 5.32 Å². The molecule has 1 aliphatic heterocycles. The number of carbonyl (C=O) groups excluding carboxylic acids is 1. The Bertz CT molecular complexity index is 458. The molecular formula is C16H21NO2. The molecule has 1 aromatic rings. The van der Waals surface area contributed by atoms with Gasteiger partial charge in [-0.05, 0) is 37.3 Å². The van der Waals surface area contributed by atoms with Crippen molar-refractivity contribution in [3.05, 3.63) is 29.8 Å². The van der Waals surface area contributed by atoms with Crippen LogP contribution in [0.1, 0.15) is 42.5 Å². The van der Waals surface area contributed by atoms with Crippen LogP contribution in [0.4, 0.5) is 0 Å². The fourth-order valence-electron chi connectivity index (χ4n) is 3.56. The van der Waals surface area contributed by atoms with Crippen molar-refractivity contribution in [1.29, 1.82) is 0 Å². The Hall–Kier alpha value is -1.35. The van der Waals surface area contributed by atoms with E-state index in [1.807, 2.05) is 24.3 Å². The van der Waals surface area contributed by atoms with E-state index in [9.17, 15) is 4.79 Å². The smallest absolute Gasteiger partial charge is 0.183 e. The molecule has 3 rings (SSSR count). The van der Waals surface area contributed by atoms with E-state index in [0.717, 1.165) is 6.42 Å². The molecule has 0 spiro atoms. The minimum atomic E-state index is -0.0237. The van der Waals surface area contributed by atoms with Crippen LogP contribution in [0.15, 0.2) is 24.3 Å². The Morgan fingerprint density at radius 3 is 2.84 bits per heavy atom. The van der Waals surface area contributed by atoms with Crippen LogP contribution in [-0.2, 0) is 0 Å². The maximum Gasteiger partial charge on any atom is 0.183 e. The van der Waals surface area contributed by atoms with E-state index in [-0.39, 0.29) is 11.8 Å². The van der Waals surface area contributed by atoms with Crippen LogP contribution in [-0.4, -0.2) is 25.0 Å². The molecule has 1 N–H and O–H groups in total. The van der Waals surface area contributed by atoms with Crippen molar-refractivity contribution in [3.63, 3.8) is 0 Å². The second-order valence-electron chi connectivity index (χ2n) is 5.67. The van der Waals surface area contributed by atoms with Gasteiger partial charge in [0.2, 0.25) is 0 Å². The molecule has 102 valence electrons. The molecule has 2 aliphatic rings. The first-order valence-corrected chi connectivity index (χ1v) is 7.23. The lowest BCUT2D eigenvalue weighted by atomic mass is 9.84. The van der Waals surface area contributed by atoms with Gasteiger partial charge < -0.3 is 10.1 Å². The molecule has 3 nitrogen and oxygen atoms in total. The van der Waals surface area contributed by atoms with Crippen molar-refractivity contribution >= 4 is 5.78 Å². The minimum absolute atomic E-state index is 0.0237. The van der Waals surface area contributed by atoms with Crippen molar-refractivity contribution < 1.29 is 9.53 Å². The highest BCUT2D eigenvalue weighted by Gasteiger charge is 2.38. The molecule has 0 radical (unpaired) electrons. The summed E-state index contributed by atoms with van der Waals surface area (Å²) in [5.41, 5.74) is 0.709. The molecule has 1 aromatic carbocycles. The van der Waals surface area contributed by atoms with E-state index in [1.54, 1.807) is 7.11 Å². The highest BCUT2D eigenvalue weighted by atomic mass is 16.5. The summed E-state index contributed by atoms with van der Waals surface area (Å²) in [6, 6.07) is 8.05. The summed E-state index contributed by atoms with van der Waals surface area (Å²) in [5.74, 6) is 1.56. The Morgan fingerprint density at radius 1 is 1.26 bits per heavy atom. The number of ketones is 1. The normalized spacial score (nSPS) is 29.8. The quantitative estimate of drug-likeness (QED) is 0.848. The summed E-state index contributed by atoms with van der Waals surface area (Å²) in [7, 11) is 1.62. The Balaban J connectivity index is 1.77. The molecule has 2 fully saturated rings. The predicted octanol–water partition coefficient (Wildman–Crippen LogP) is 2.80. The number of para-hydroxylation sites is 1. The average Bonchev–Trinajstić information content (AvgIpc) is 2.90. The van der Waals surface area contributed by atoms with Gasteiger partial charge in [-0.15, -0.1) is 0 Å². The zero-order valence-electron chi connectivity index (χ0n) is 11.4. The van der Waals surface area contributed by atoms with Gasteiger partial charge in [-0.1, -0.05) is 25.0 Å². The van der Waals surface area contributed by atoms with Gasteiger partial charge in [-0.3, -0.25) is 4.79 Å². The second-order valence-corrected chi connectivity index (χ2v) is 5.67. The fourth-order valence-corrected chi connectivity index (χ4v) is 3.56. The summed E-state index contributed by atoms with van der Waals surface area (Å²) < 4.78 is 5.30. The highest BCUT2D eigenvalue weighted by Crippen LogP contribution is 2.34. The van der Waals surface area contributed by atoms with Crippen molar-refractivity contribution in [2.24, 2.45) is 5.92 Å². The number of fused-ring (bicyclic) bond motifs is 1. The SMILES string of the molecule is COc1ccccc1C(=O)C1CC2CCCCC2N1. The van der Waals surface area contributed by atoms with E-state index in [1.165, 1.54) is 25.7 Å². The fraction of sp³-hybridized carbons (Fsp3) is 0.562. The predicted molar refractivity (Wildman–Crippen MR) is 74.6 cm³/mol. The molecular weight excluding hydrogens is 238 g/mol. The van der Waals surface area contributed by atoms with Gasteiger partial charge >= 0.3 is 0 Å². The van der Waals surface area contributed by atoms with Crippen LogP contribution in [0.3, 0.4) is 0 Å². The lowest BCUT2D eigenvalue weighted by Crippen LogP contribution is -2.37. The zero-order chi connectivity index (χ0) is 13.2. The maximum atomic E-state index is 12.6. The van der Waals surface area contributed by atoms with Crippen LogP contribution in [0.25, 0.3) is 0 Å². The molecule has 0 amide bonds. The molecule has 3 unspecified atom stereocenters. The maximum absolute atomic E-state index is 12.6. The Kier molecular flexibility index (Phi) is 3.56. The molecule has 1 saturated carbocycles. The molecule has 0 aromatic heterocycles. The first-order valence-electron chi connectivity index (χ1n) is 7.23. The van der Waals surface area contributed by atoms with E-state index < -0.39 is 0 Å². The van der Waals surface area contributed by atoms with Crippen LogP contribution in [0.2, 0.25) is 0 Å². The van der Waals surface area contributed by atoms with Crippen LogP contribution < -0.4 is 10.1 Å². The van der Waals surface area contributed by atoms with Crippen molar-refractivity contribution in [2.45, 2.75) is 44.2 Å². The number of methoxy groups -OCH3 is 1. The molecule has 3 heteroatoms. The Morgan fingerprint density at radius 2 is 2.05 bits per heavy atom. The third kappa shape index (κ3) is 2.39. The largest absolute Gasteiger partial charge is 0.496 e. The number of hydrogen-bond donors (Lipinski definition) is 1. The van der Waals surface area contributed by atoms with Gasteiger partial charge in [-0.2, -0.15) is 0 Å². The summed E-state index contributed by atoms with van der Waals surface area (Å²) >= 11 is 0. The van der Waals surface area contributed by atoms with Gasteiger partial charge in [0, 0.05) is 6.04 Å². The molecule has 3 atom stereocenters. The lowest BCUT2D eigenvalue weighted by molar-refractivity contribution is 0.0946. The van der Waals surface area contributed by atoms with E-state index in [0.29, 0.717) is 23.3 Å². The first kappa shape index (κ1) is 12.7. The van der Waals surface area contributed by atoms with Crippen LogP contribution >= 0.6 is 0 Å². The van der Waals surface area contributed by atoms with Gasteiger partial charge in [0.1, 0.15) is 5.75 Å². The monoisotopic (exact) mass is 259 g/mol. The number of ether oxygens (including phenoxy) is 1. The van der Waals surface area contributed by atoms with Gasteiger partial charge in [0.05, 0.1) is 18.7 Å². The Labute approximate surface area is 114 Å². The van der Waals surface area contributed by atoms with Gasteiger partial charge in [0.15, 0.2) is 5.78 Å². The minimum Gasteiger partial charge on any atom is -0.496 e. The molecule has 1 aliphatic carbocycles. The number of carbonyl (C=O) groups is 1.